The summed E-state index contributed by atoms with van der Waals surface area (Å²) in [7, 11) is 1.81. The number of hydrogen-bond acceptors (Lipinski definition) is 4. The highest BCUT2D eigenvalue weighted by Gasteiger charge is 2.36. The van der Waals surface area contributed by atoms with Crippen LogP contribution in [0.2, 0.25) is 0 Å². The van der Waals surface area contributed by atoms with E-state index >= 15 is 0 Å². The number of hydrogen-bond donors (Lipinski definition) is 2. The van der Waals surface area contributed by atoms with Crippen LogP contribution in [0.15, 0.2) is 24.3 Å². The van der Waals surface area contributed by atoms with E-state index in [9.17, 15) is 14.4 Å². The van der Waals surface area contributed by atoms with Crippen molar-refractivity contribution in [2.45, 2.75) is 13.3 Å². The fourth-order valence-electron chi connectivity index (χ4n) is 2.22. The molecule has 1 heterocycles. The Hall–Kier alpha value is -2.21. The molecule has 6 heteroatoms. The van der Waals surface area contributed by atoms with Crippen LogP contribution in [0.4, 0.5) is 5.69 Å². The van der Waals surface area contributed by atoms with Crippen molar-refractivity contribution >= 4 is 23.4 Å². The van der Waals surface area contributed by atoms with Gasteiger partial charge >= 0.3 is 0 Å². The number of carbonyl (C=O) groups is 3. The van der Waals surface area contributed by atoms with Gasteiger partial charge < -0.3 is 10.6 Å². The van der Waals surface area contributed by atoms with Gasteiger partial charge in [0.15, 0.2) is 0 Å². The Morgan fingerprint density at radius 1 is 1.24 bits per heavy atom. The Kier molecular flexibility index (Phi) is 4.70. The van der Waals surface area contributed by atoms with E-state index in [0.29, 0.717) is 24.3 Å². The van der Waals surface area contributed by atoms with Crippen molar-refractivity contribution < 1.29 is 14.4 Å². The SMILES string of the molecule is CNCCNC(=O)c1ccc(N2C(=O)CC(C)C2=O)cc1. The third-order valence-electron chi connectivity index (χ3n) is 3.42. The lowest BCUT2D eigenvalue weighted by molar-refractivity contribution is -0.122. The molecule has 1 aromatic carbocycles. The van der Waals surface area contributed by atoms with Crippen LogP contribution in [0.5, 0.6) is 0 Å². The van der Waals surface area contributed by atoms with Crippen LogP contribution in [0.3, 0.4) is 0 Å². The molecular weight excluding hydrogens is 270 g/mol. The number of carbonyl (C=O) groups excluding carboxylic acids is 3. The number of nitrogens with one attached hydrogen (secondary N) is 2. The van der Waals surface area contributed by atoms with E-state index in [1.807, 2.05) is 7.05 Å². The molecule has 1 aliphatic heterocycles. The smallest absolute Gasteiger partial charge is 0.251 e. The van der Waals surface area contributed by atoms with Gasteiger partial charge in [-0.1, -0.05) is 6.92 Å². The van der Waals surface area contributed by atoms with Crippen LogP contribution >= 0.6 is 0 Å². The maximum atomic E-state index is 11.9. The first kappa shape index (κ1) is 15.2. The van der Waals surface area contributed by atoms with Crippen molar-refractivity contribution in [3.8, 4) is 0 Å². The summed E-state index contributed by atoms with van der Waals surface area (Å²) in [5.41, 5.74) is 1.02. The molecular formula is C15H19N3O3. The van der Waals surface area contributed by atoms with E-state index < -0.39 is 0 Å². The van der Waals surface area contributed by atoms with Gasteiger partial charge in [-0.25, -0.2) is 0 Å². The van der Waals surface area contributed by atoms with E-state index in [4.69, 9.17) is 0 Å². The van der Waals surface area contributed by atoms with Crippen molar-refractivity contribution in [2.75, 3.05) is 25.0 Å². The van der Waals surface area contributed by atoms with Crippen LogP contribution in [0.25, 0.3) is 0 Å². The normalized spacial score (nSPS) is 18.2. The zero-order valence-corrected chi connectivity index (χ0v) is 12.2. The van der Waals surface area contributed by atoms with E-state index in [2.05, 4.69) is 10.6 Å². The molecule has 2 rings (SSSR count). The summed E-state index contributed by atoms with van der Waals surface area (Å²) in [6.07, 6.45) is 0.241. The Balaban J connectivity index is 2.07. The third kappa shape index (κ3) is 3.28. The minimum atomic E-state index is -0.276. The van der Waals surface area contributed by atoms with Crippen LogP contribution < -0.4 is 15.5 Å². The van der Waals surface area contributed by atoms with Gasteiger partial charge in [-0.2, -0.15) is 0 Å². The predicted octanol–water partition coefficient (Wildman–Crippen LogP) is 0.535. The van der Waals surface area contributed by atoms with Gasteiger partial charge in [-0.15, -0.1) is 0 Å². The number of benzene rings is 1. The van der Waals surface area contributed by atoms with Crippen LogP contribution in [0.1, 0.15) is 23.7 Å². The predicted molar refractivity (Wildman–Crippen MR) is 79.0 cm³/mol. The Morgan fingerprint density at radius 3 is 2.43 bits per heavy atom. The molecule has 0 aliphatic carbocycles. The van der Waals surface area contributed by atoms with Gasteiger partial charge in [-0.3, -0.25) is 19.3 Å². The van der Waals surface area contributed by atoms with Gasteiger partial charge in [-0.05, 0) is 31.3 Å². The van der Waals surface area contributed by atoms with Crippen molar-refractivity contribution in [3.63, 3.8) is 0 Å². The quantitative estimate of drug-likeness (QED) is 0.612. The highest BCUT2D eigenvalue weighted by atomic mass is 16.2. The molecule has 21 heavy (non-hydrogen) atoms. The third-order valence-corrected chi connectivity index (χ3v) is 3.42. The average Bonchev–Trinajstić information content (AvgIpc) is 2.72. The van der Waals surface area contributed by atoms with Gasteiger partial charge in [0.25, 0.3) is 5.91 Å². The number of rotatable bonds is 5. The lowest BCUT2D eigenvalue weighted by atomic mass is 10.1. The van der Waals surface area contributed by atoms with Crippen molar-refractivity contribution in [1.29, 1.82) is 0 Å². The fraction of sp³-hybridized carbons (Fsp3) is 0.400. The van der Waals surface area contributed by atoms with E-state index in [0.717, 1.165) is 0 Å². The van der Waals surface area contributed by atoms with Crippen LogP contribution in [-0.2, 0) is 9.59 Å². The average molecular weight is 289 g/mol. The van der Waals surface area contributed by atoms with Gasteiger partial charge in [0, 0.05) is 31.0 Å². The molecule has 1 unspecified atom stereocenters. The van der Waals surface area contributed by atoms with Crippen molar-refractivity contribution in [3.05, 3.63) is 29.8 Å². The highest BCUT2D eigenvalue weighted by Crippen LogP contribution is 2.26. The van der Waals surface area contributed by atoms with E-state index in [1.165, 1.54) is 4.90 Å². The fourth-order valence-corrected chi connectivity index (χ4v) is 2.22. The zero-order valence-electron chi connectivity index (χ0n) is 12.2. The van der Waals surface area contributed by atoms with Gasteiger partial charge in [0.1, 0.15) is 0 Å². The Bertz CT molecular complexity index is 554. The summed E-state index contributed by atoms with van der Waals surface area (Å²) in [4.78, 5) is 36.8. The summed E-state index contributed by atoms with van der Waals surface area (Å²) in [5, 5.41) is 5.70. The monoisotopic (exact) mass is 289 g/mol. The summed E-state index contributed by atoms with van der Waals surface area (Å²) >= 11 is 0. The molecule has 1 aliphatic rings. The van der Waals surface area contributed by atoms with Gasteiger partial charge in [0.05, 0.1) is 5.69 Å². The lowest BCUT2D eigenvalue weighted by Gasteiger charge is -2.14. The molecule has 1 fully saturated rings. The summed E-state index contributed by atoms with van der Waals surface area (Å²) < 4.78 is 0. The molecule has 0 spiro atoms. The Morgan fingerprint density at radius 2 is 1.90 bits per heavy atom. The van der Waals surface area contributed by atoms with E-state index in [-0.39, 0.29) is 30.1 Å². The molecule has 3 amide bonds. The largest absolute Gasteiger partial charge is 0.351 e. The molecule has 1 atom stereocenters. The minimum Gasteiger partial charge on any atom is -0.351 e. The first-order chi connectivity index (χ1) is 10.0. The number of amides is 3. The minimum absolute atomic E-state index is 0.177. The van der Waals surface area contributed by atoms with Crippen LogP contribution in [0, 0.1) is 5.92 Å². The van der Waals surface area contributed by atoms with E-state index in [1.54, 1.807) is 31.2 Å². The van der Waals surface area contributed by atoms with Gasteiger partial charge in [0.2, 0.25) is 11.8 Å². The molecule has 0 saturated carbocycles. The number of imide groups is 1. The van der Waals surface area contributed by atoms with Crippen LogP contribution in [-0.4, -0.2) is 37.9 Å². The first-order valence-electron chi connectivity index (χ1n) is 6.94. The Labute approximate surface area is 123 Å². The molecule has 2 N–H and O–H groups in total. The standard InChI is InChI=1S/C15H19N3O3/c1-10-9-13(19)18(15(10)21)12-5-3-11(4-6-12)14(20)17-8-7-16-2/h3-6,10,16H,7-9H2,1-2H3,(H,17,20). The second-order valence-electron chi connectivity index (χ2n) is 5.08. The maximum Gasteiger partial charge on any atom is 0.251 e. The lowest BCUT2D eigenvalue weighted by Crippen LogP contribution is -2.31. The second-order valence-corrected chi connectivity index (χ2v) is 5.08. The zero-order chi connectivity index (χ0) is 15.4. The summed E-state index contributed by atoms with van der Waals surface area (Å²) in [6.45, 7) is 2.97. The maximum absolute atomic E-state index is 11.9. The molecule has 0 aromatic heterocycles. The summed E-state index contributed by atoms with van der Waals surface area (Å²) in [5.74, 6) is -0.837. The molecule has 1 aromatic rings. The molecule has 6 nitrogen and oxygen atoms in total. The van der Waals surface area contributed by atoms with Crippen molar-refractivity contribution in [1.82, 2.24) is 10.6 Å². The number of anilines is 1. The topological polar surface area (TPSA) is 78.5 Å². The number of likely N-dealkylation sites (N-methyl/N-ethyl adjacent to an activating group) is 1. The van der Waals surface area contributed by atoms with Crippen molar-refractivity contribution in [2.24, 2.45) is 5.92 Å². The first-order valence-corrected chi connectivity index (χ1v) is 6.94. The molecule has 112 valence electrons. The molecule has 0 radical (unpaired) electrons. The number of nitrogens with zero attached hydrogens (tertiary/aromatic N) is 1. The second kappa shape index (κ2) is 6.49. The molecule has 1 saturated heterocycles. The molecule has 0 bridgehead atoms. The highest BCUT2D eigenvalue weighted by molar-refractivity contribution is 6.20. The summed E-state index contributed by atoms with van der Waals surface area (Å²) in [6, 6.07) is 6.49.